The molecule has 0 saturated heterocycles. The molecule has 0 aromatic heterocycles. The fraction of sp³-hybridized carbons (Fsp3) is 0.0476. The summed E-state index contributed by atoms with van der Waals surface area (Å²) in [6.45, 7) is 1.40. The van der Waals surface area contributed by atoms with Gasteiger partial charge in [-0.2, -0.15) is 0 Å². The molecule has 0 spiro atoms. The molecule has 3 aromatic carbocycles. The average Bonchev–Trinajstić information content (AvgIpc) is 2.74. The third-order valence-electron chi connectivity index (χ3n) is 4.30. The van der Waals surface area contributed by atoms with Crippen LogP contribution < -0.4 is 10.0 Å². The summed E-state index contributed by atoms with van der Waals surface area (Å²) in [4.78, 5) is 34.2. The second-order valence-electron chi connectivity index (χ2n) is 6.50. The maximum Gasteiger partial charge on any atom is 0.292 e. The van der Waals surface area contributed by atoms with Crippen LogP contribution >= 0.6 is 0 Å². The first-order chi connectivity index (χ1) is 14.7. The molecule has 0 unspecified atom stereocenters. The Morgan fingerprint density at radius 3 is 2.23 bits per heavy atom. The van der Waals surface area contributed by atoms with E-state index in [-0.39, 0.29) is 33.3 Å². The van der Waals surface area contributed by atoms with E-state index in [0.717, 1.165) is 6.07 Å². The standard InChI is InChI=1S/C21H17N3O6S/c1-14(25)15-9-11-17(12-10-15)23-31(29,30)18-6-4-5-16(13-18)21(26)22-19-7-2-3-8-20(19)24(27)28/h2-13,23H,1H3,(H,22,26). The molecule has 1 amide bonds. The van der Waals surface area contributed by atoms with Crippen LogP contribution in [0.4, 0.5) is 17.1 Å². The van der Waals surface area contributed by atoms with Crippen molar-refractivity contribution in [3.05, 3.63) is 94.0 Å². The number of para-hydroxylation sites is 2. The Bertz CT molecular complexity index is 1270. The number of nitrogens with zero attached hydrogens (tertiary/aromatic N) is 1. The minimum atomic E-state index is -4.02. The van der Waals surface area contributed by atoms with E-state index in [1.807, 2.05) is 0 Å². The van der Waals surface area contributed by atoms with Crippen LogP contribution in [0.2, 0.25) is 0 Å². The van der Waals surface area contributed by atoms with E-state index in [4.69, 9.17) is 0 Å². The van der Waals surface area contributed by atoms with Crippen molar-refractivity contribution in [2.75, 3.05) is 10.0 Å². The quantitative estimate of drug-likeness (QED) is 0.326. The van der Waals surface area contributed by atoms with Gasteiger partial charge in [0.15, 0.2) is 5.78 Å². The Hall–Kier alpha value is -4.05. The number of sulfonamides is 1. The van der Waals surface area contributed by atoms with Crippen molar-refractivity contribution in [1.82, 2.24) is 0 Å². The van der Waals surface area contributed by atoms with Crippen molar-refractivity contribution in [2.24, 2.45) is 0 Å². The van der Waals surface area contributed by atoms with E-state index >= 15 is 0 Å². The number of nitrogens with one attached hydrogen (secondary N) is 2. The Morgan fingerprint density at radius 2 is 1.58 bits per heavy atom. The fourth-order valence-corrected chi connectivity index (χ4v) is 3.83. The highest BCUT2D eigenvalue weighted by Crippen LogP contribution is 2.24. The summed E-state index contributed by atoms with van der Waals surface area (Å²) in [6.07, 6.45) is 0. The first-order valence-corrected chi connectivity index (χ1v) is 10.4. The number of Topliss-reactive ketones (excluding diaryl/α,β-unsaturated/α-hetero) is 1. The van der Waals surface area contributed by atoms with E-state index in [1.165, 1.54) is 73.7 Å². The highest BCUT2D eigenvalue weighted by molar-refractivity contribution is 7.92. The van der Waals surface area contributed by atoms with Gasteiger partial charge in [0.1, 0.15) is 5.69 Å². The van der Waals surface area contributed by atoms with E-state index in [2.05, 4.69) is 10.0 Å². The summed E-state index contributed by atoms with van der Waals surface area (Å²) in [6, 6.07) is 16.8. The van der Waals surface area contributed by atoms with Crippen molar-refractivity contribution >= 4 is 38.8 Å². The van der Waals surface area contributed by atoms with Crippen molar-refractivity contribution in [3.63, 3.8) is 0 Å². The monoisotopic (exact) mass is 439 g/mol. The zero-order valence-electron chi connectivity index (χ0n) is 16.2. The van der Waals surface area contributed by atoms with Gasteiger partial charge in [-0.1, -0.05) is 18.2 Å². The maximum absolute atomic E-state index is 12.7. The minimum Gasteiger partial charge on any atom is -0.316 e. The van der Waals surface area contributed by atoms with Gasteiger partial charge >= 0.3 is 0 Å². The Morgan fingerprint density at radius 1 is 0.903 bits per heavy atom. The van der Waals surface area contributed by atoms with Gasteiger partial charge in [0.25, 0.3) is 21.6 Å². The molecule has 0 saturated carbocycles. The summed E-state index contributed by atoms with van der Waals surface area (Å²) in [7, 11) is -4.02. The van der Waals surface area contributed by atoms with Crippen LogP contribution in [0.5, 0.6) is 0 Å². The summed E-state index contributed by atoms with van der Waals surface area (Å²) >= 11 is 0. The molecule has 0 fully saturated rings. The molecule has 3 rings (SSSR count). The fourth-order valence-electron chi connectivity index (χ4n) is 2.72. The van der Waals surface area contributed by atoms with Crippen molar-refractivity contribution in [2.45, 2.75) is 11.8 Å². The number of nitro benzene ring substituents is 1. The highest BCUT2D eigenvalue weighted by atomic mass is 32.2. The van der Waals surface area contributed by atoms with Gasteiger partial charge in [-0.25, -0.2) is 8.42 Å². The molecule has 0 bridgehead atoms. The molecule has 0 atom stereocenters. The lowest BCUT2D eigenvalue weighted by Gasteiger charge is -2.10. The highest BCUT2D eigenvalue weighted by Gasteiger charge is 2.19. The molecule has 3 aromatic rings. The van der Waals surface area contributed by atoms with E-state index < -0.39 is 20.9 Å². The third-order valence-corrected chi connectivity index (χ3v) is 5.68. The van der Waals surface area contributed by atoms with Gasteiger partial charge < -0.3 is 5.32 Å². The largest absolute Gasteiger partial charge is 0.316 e. The van der Waals surface area contributed by atoms with Gasteiger partial charge in [-0.15, -0.1) is 0 Å². The molecular formula is C21H17N3O6S. The third kappa shape index (κ3) is 5.11. The minimum absolute atomic E-state index is 0.00514. The predicted molar refractivity (Wildman–Crippen MR) is 115 cm³/mol. The molecule has 0 aliphatic heterocycles. The molecule has 2 N–H and O–H groups in total. The average molecular weight is 439 g/mol. The molecule has 31 heavy (non-hydrogen) atoms. The van der Waals surface area contributed by atoms with Crippen LogP contribution in [0.15, 0.2) is 77.7 Å². The zero-order valence-corrected chi connectivity index (χ0v) is 17.0. The zero-order chi connectivity index (χ0) is 22.6. The number of carbonyl (C=O) groups is 2. The number of rotatable bonds is 7. The van der Waals surface area contributed by atoms with E-state index in [9.17, 15) is 28.1 Å². The topological polar surface area (TPSA) is 135 Å². The molecule has 0 aliphatic rings. The number of hydrogen-bond acceptors (Lipinski definition) is 6. The van der Waals surface area contributed by atoms with E-state index in [0.29, 0.717) is 5.56 Å². The lowest BCUT2D eigenvalue weighted by molar-refractivity contribution is -0.383. The number of anilines is 2. The second kappa shape index (κ2) is 8.76. The summed E-state index contributed by atoms with van der Waals surface area (Å²) in [5.41, 5.74) is 0.411. The van der Waals surface area contributed by atoms with Crippen LogP contribution in [0.3, 0.4) is 0 Å². The smallest absolute Gasteiger partial charge is 0.292 e. The van der Waals surface area contributed by atoms with Crippen LogP contribution in [0.25, 0.3) is 0 Å². The molecular weight excluding hydrogens is 422 g/mol. The molecule has 0 aliphatic carbocycles. The number of carbonyl (C=O) groups excluding carboxylic acids is 2. The maximum atomic E-state index is 12.7. The van der Waals surface area contributed by atoms with Crippen LogP contribution in [0.1, 0.15) is 27.6 Å². The number of nitro groups is 1. The van der Waals surface area contributed by atoms with Crippen LogP contribution in [0, 0.1) is 10.1 Å². The SMILES string of the molecule is CC(=O)c1ccc(NS(=O)(=O)c2cccc(C(=O)Nc3ccccc3[N+](=O)[O-])c2)cc1. The molecule has 158 valence electrons. The Kier molecular flexibility index (Phi) is 6.12. The molecule has 0 radical (unpaired) electrons. The molecule has 10 heteroatoms. The van der Waals surface area contributed by atoms with Crippen LogP contribution in [-0.4, -0.2) is 25.0 Å². The molecule has 9 nitrogen and oxygen atoms in total. The van der Waals surface area contributed by atoms with Gasteiger partial charge in [0, 0.05) is 22.9 Å². The lowest BCUT2D eigenvalue weighted by Crippen LogP contribution is -2.16. The first kappa shape index (κ1) is 21.7. The normalized spacial score (nSPS) is 10.9. The van der Waals surface area contributed by atoms with Gasteiger partial charge in [-0.3, -0.25) is 24.4 Å². The lowest BCUT2D eigenvalue weighted by atomic mass is 10.1. The first-order valence-electron chi connectivity index (χ1n) is 8.96. The number of hydrogen-bond donors (Lipinski definition) is 2. The van der Waals surface area contributed by atoms with Crippen LogP contribution in [-0.2, 0) is 10.0 Å². The Balaban J connectivity index is 1.82. The van der Waals surface area contributed by atoms with Crippen molar-refractivity contribution in [3.8, 4) is 0 Å². The van der Waals surface area contributed by atoms with E-state index in [1.54, 1.807) is 0 Å². The van der Waals surface area contributed by atoms with Crippen molar-refractivity contribution < 1.29 is 22.9 Å². The summed E-state index contributed by atoms with van der Waals surface area (Å²) in [5, 5.41) is 13.5. The van der Waals surface area contributed by atoms with Gasteiger partial charge in [-0.05, 0) is 55.5 Å². The van der Waals surface area contributed by atoms with Gasteiger partial charge in [0.2, 0.25) is 0 Å². The number of benzene rings is 3. The summed E-state index contributed by atoms with van der Waals surface area (Å²) < 4.78 is 27.8. The molecule has 0 heterocycles. The Labute approximate surface area is 177 Å². The summed E-state index contributed by atoms with van der Waals surface area (Å²) in [5.74, 6) is -0.844. The number of amides is 1. The second-order valence-corrected chi connectivity index (χ2v) is 8.18. The van der Waals surface area contributed by atoms with Crippen molar-refractivity contribution in [1.29, 1.82) is 0 Å². The van der Waals surface area contributed by atoms with Gasteiger partial charge in [0.05, 0.1) is 9.82 Å². The predicted octanol–water partition coefficient (Wildman–Crippen LogP) is 3.85. The number of ketones is 1.